The molecule has 0 saturated carbocycles. The molecule has 2 atom stereocenters. The zero-order valence-electron chi connectivity index (χ0n) is 15.6. The van der Waals surface area contributed by atoms with E-state index in [0.717, 1.165) is 16.0 Å². The van der Waals surface area contributed by atoms with E-state index < -0.39 is 5.97 Å². The number of rotatable bonds is 6. The summed E-state index contributed by atoms with van der Waals surface area (Å²) in [7, 11) is 0. The SMILES string of the molecule is Cc1ccc(C(=O)COC(=O)CCN2C(=O)[C@H]3CC=CC[C@@H]3C2=O)cc1C. The molecule has 2 aliphatic rings. The Bertz CT molecular complexity index is 800. The molecule has 27 heavy (non-hydrogen) atoms. The molecule has 1 fully saturated rings. The molecule has 1 saturated heterocycles. The molecule has 6 nitrogen and oxygen atoms in total. The summed E-state index contributed by atoms with van der Waals surface area (Å²) in [4.78, 5) is 49.9. The van der Waals surface area contributed by atoms with Crippen LogP contribution in [0, 0.1) is 25.7 Å². The van der Waals surface area contributed by atoms with Crippen molar-refractivity contribution in [3.05, 3.63) is 47.0 Å². The molecule has 6 heteroatoms. The van der Waals surface area contributed by atoms with Crippen LogP contribution in [0.5, 0.6) is 0 Å². The molecule has 0 unspecified atom stereocenters. The molecule has 1 aromatic rings. The molecular formula is C21H23NO5. The fourth-order valence-electron chi connectivity index (χ4n) is 3.51. The van der Waals surface area contributed by atoms with Crippen LogP contribution >= 0.6 is 0 Å². The van der Waals surface area contributed by atoms with Crippen molar-refractivity contribution in [2.24, 2.45) is 11.8 Å². The fraction of sp³-hybridized carbons (Fsp3) is 0.429. The monoisotopic (exact) mass is 369 g/mol. The number of carbonyl (C=O) groups is 4. The summed E-state index contributed by atoms with van der Waals surface area (Å²) in [6, 6.07) is 5.32. The van der Waals surface area contributed by atoms with Crippen molar-refractivity contribution >= 4 is 23.6 Å². The van der Waals surface area contributed by atoms with Gasteiger partial charge in [0.25, 0.3) is 0 Å². The summed E-state index contributed by atoms with van der Waals surface area (Å²) in [5.74, 6) is -1.91. The predicted molar refractivity (Wildman–Crippen MR) is 97.9 cm³/mol. The standard InChI is InChI=1S/C21H23NO5/c1-13-7-8-15(11-14(13)2)18(23)12-27-19(24)9-10-22-20(25)16-5-3-4-6-17(16)21(22)26/h3-4,7-8,11,16-17H,5-6,9-10,12H2,1-2H3/t16-,17-/m0/s1. The topological polar surface area (TPSA) is 80.8 Å². The lowest BCUT2D eigenvalue weighted by Crippen LogP contribution is -2.33. The lowest BCUT2D eigenvalue weighted by atomic mass is 9.85. The third kappa shape index (κ3) is 3.99. The summed E-state index contributed by atoms with van der Waals surface area (Å²) in [6.07, 6.45) is 4.87. The van der Waals surface area contributed by atoms with Crippen LogP contribution in [-0.2, 0) is 19.1 Å². The third-order valence-electron chi connectivity index (χ3n) is 5.33. The van der Waals surface area contributed by atoms with E-state index in [1.165, 1.54) is 0 Å². The fourth-order valence-corrected chi connectivity index (χ4v) is 3.51. The van der Waals surface area contributed by atoms with Gasteiger partial charge in [0, 0.05) is 12.1 Å². The van der Waals surface area contributed by atoms with Crippen LogP contribution in [0.4, 0.5) is 0 Å². The molecule has 1 aromatic carbocycles. The number of ether oxygens (including phenoxy) is 1. The highest BCUT2D eigenvalue weighted by Gasteiger charge is 2.46. The van der Waals surface area contributed by atoms with Crippen molar-refractivity contribution in [3.63, 3.8) is 0 Å². The first-order valence-electron chi connectivity index (χ1n) is 9.14. The molecule has 0 radical (unpaired) electrons. The van der Waals surface area contributed by atoms with Gasteiger partial charge in [-0.05, 0) is 43.9 Å². The molecule has 0 bridgehead atoms. The second-order valence-corrected chi connectivity index (χ2v) is 7.12. The van der Waals surface area contributed by atoms with Crippen molar-refractivity contribution < 1.29 is 23.9 Å². The molecule has 3 rings (SSSR count). The van der Waals surface area contributed by atoms with Crippen LogP contribution in [0.15, 0.2) is 30.4 Å². The Balaban J connectivity index is 1.48. The minimum absolute atomic E-state index is 0.00132. The minimum atomic E-state index is -0.596. The van der Waals surface area contributed by atoms with Gasteiger partial charge in [0.2, 0.25) is 11.8 Å². The molecule has 0 aromatic heterocycles. The number of allylic oxidation sites excluding steroid dienone is 2. The Morgan fingerprint density at radius 1 is 1.04 bits per heavy atom. The average molecular weight is 369 g/mol. The summed E-state index contributed by atoms with van der Waals surface area (Å²) >= 11 is 0. The molecular weight excluding hydrogens is 346 g/mol. The van der Waals surface area contributed by atoms with Crippen LogP contribution in [0.3, 0.4) is 0 Å². The molecule has 0 N–H and O–H groups in total. The number of hydrogen-bond acceptors (Lipinski definition) is 5. The van der Waals surface area contributed by atoms with E-state index in [2.05, 4.69) is 0 Å². The number of imide groups is 1. The first-order chi connectivity index (χ1) is 12.9. The van der Waals surface area contributed by atoms with Crippen molar-refractivity contribution in [2.75, 3.05) is 13.2 Å². The van der Waals surface area contributed by atoms with Gasteiger partial charge < -0.3 is 4.74 Å². The van der Waals surface area contributed by atoms with Crippen molar-refractivity contribution in [1.29, 1.82) is 0 Å². The maximum atomic E-state index is 12.3. The Labute approximate surface area is 158 Å². The lowest BCUT2D eigenvalue weighted by Gasteiger charge is -2.14. The minimum Gasteiger partial charge on any atom is -0.457 e. The van der Waals surface area contributed by atoms with E-state index in [1.54, 1.807) is 12.1 Å². The maximum absolute atomic E-state index is 12.3. The predicted octanol–water partition coefficient (Wildman–Crippen LogP) is 2.37. The average Bonchev–Trinajstić information content (AvgIpc) is 2.91. The quantitative estimate of drug-likeness (QED) is 0.333. The molecule has 1 aliphatic heterocycles. The van der Waals surface area contributed by atoms with E-state index in [4.69, 9.17) is 4.74 Å². The molecule has 1 heterocycles. The molecule has 0 spiro atoms. The second kappa shape index (κ2) is 7.86. The summed E-state index contributed by atoms with van der Waals surface area (Å²) < 4.78 is 5.03. The Morgan fingerprint density at radius 3 is 2.26 bits per heavy atom. The first kappa shape index (κ1) is 19.0. The van der Waals surface area contributed by atoms with Gasteiger partial charge in [0.05, 0.1) is 18.3 Å². The van der Waals surface area contributed by atoms with E-state index in [1.807, 2.05) is 32.1 Å². The van der Waals surface area contributed by atoms with Crippen LogP contribution < -0.4 is 0 Å². The number of benzene rings is 1. The zero-order valence-corrected chi connectivity index (χ0v) is 15.6. The van der Waals surface area contributed by atoms with Gasteiger partial charge >= 0.3 is 5.97 Å². The number of hydrogen-bond donors (Lipinski definition) is 0. The number of Topliss-reactive ketones (excluding diaryl/α,β-unsaturated/α-hetero) is 1. The molecule has 142 valence electrons. The third-order valence-corrected chi connectivity index (χ3v) is 5.33. The summed E-state index contributed by atoms with van der Waals surface area (Å²) in [6.45, 7) is 3.52. The Kier molecular flexibility index (Phi) is 5.54. The van der Waals surface area contributed by atoms with Gasteiger partial charge in [-0.1, -0.05) is 24.3 Å². The first-order valence-corrected chi connectivity index (χ1v) is 9.14. The van der Waals surface area contributed by atoms with Crippen LogP contribution in [0.1, 0.15) is 40.7 Å². The van der Waals surface area contributed by atoms with Gasteiger partial charge in [-0.25, -0.2) is 0 Å². The Morgan fingerprint density at radius 2 is 1.67 bits per heavy atom. The van der Waals surface area contributed by atoms with Gasteiger partial charge in [-0.3, -0.25) is 24.1 Å². The number of carbonyl (C=O) groups excluding carboxylic acids is 4. The van der Waals surface area contributed by atoms with Crippen molar-refractivity contribution in [3.8, 4) is 0 Å². The second-order valence-electron chi connectivity index (χ2n) is 7.12. The number of nitrogens with zero attached hydrogens (tertiary/aromatic N) is 1. The number of fused-ring (bicyclic) bond motifs is 1. The van der Waals surface area contributed by atoms with Gasteiger partial charge in [-0.15, -0.1) is 0 Å². The van der Waals surface area contributed by atoms with Crippen LogP contribution in [0.25, 0.3) is 0 Å². The maximum Gasteiger partial charge on any atom is 0.308 e. The summed E-state index contributed by atoms with van der Waals surface area (Å²) in [5.41, 5.74) is 2.57. The molecule has 1 aliphatic carbocycles. The highest BCUT2D eigenvalue weighted by molar-refractivity contribution is 6.05. The largest absolute Gasteiger partial charge is 0.457 e. The number of esters is 1. The lowest BCUT2D eigenvalue weighted by molar-refractivity contribution is -0.145. The Hall–Kier alpha value is -2.76. The number of ketones is 1. The number of aryl methyl sites for hydroxylation is 2. The van der Waals surface area contributed by atoms with E-state index in [9.17, 15) is 19.2 Å². The van der Waals surface area contributed by atoms with Gasteiger partial charge in [0.15, 0.2) is 12.4 Å². The highest BCUT2D eigenvalue weighted by Crippen LogP contribution is 2.34. The van der Waals surface area contributed by atoms with E-state index >= 15 is 0 Å². The van der Waals surface area contributed by atoms with Gasteiger partial charge in [0.1, 0.15) is 0 Å². The van der Waals surface area contributed by atoms with Gasteiger partial charge in [-0.2, -0.15) is 0 Å². The zero-order chi connectivity index (χ0) is 19.6. The van der Waals surface area contributed by atoms with Crippen molar-refractivity contribution in [2.45, 2.75) is 33.1 Å². The van der Waals surface area contributed by atoms with E-state index in [0.29, 0.717) is 18.4 Å². The van der Waals surface area contributed by atoms with Crippen LogP contribution in [-0.4, -0.2) is 41.6 Å². The van der Waals surface area contributed by atoms with Crippen molar-refractivity contribution in [1.82, 2.24) is 4.90 Å². The smallest absolute Gasteiger partial charge is 0.308 e. The van der Waals surface area contributed by atoms with Crippen LogP contribution in [0.2, 0.25) is 0 Å². The molecule has 2 amide bonds. The highest BCUT2D eigenvalue weighted by atomic mass is 16.5. The van der Waals surface area contributed by atoms with E-state index in [-0.39, 0.29) is 49.0 Å². The number of likely N-dealkylation sites (tertiary alicyclic amines) is 1. The summed E-state index contributed by atoms with van der Waals surface area (Å²) in [5, 5.41) is 0. The number of amides is 2. The normalized spacial score (nSPS) is 21.3.